The van der Waals surface area contributed by atoms with Crippen molar-refractivity contribution in [1.29, 1.82) is 0 Å². The maximum Gasteiger partial charge on any atom is 0.221 e. The number of amides is 1. The molecular weight excluding hydrogens is 358 g/mol. The number of thiazole rings is 1. The molecule has 1 heterocycles. The Bertz CT molecular complexity index is 999. The zero-order valence-corrected chi connectivity index (χ0v) is 16.1. The Morgan fingerprint density at radius 1 is 1.22 bits per heavy atom. The van der Waals surface area contributed by atoms with Gasteiger partial charge in [-0.15, -0.1) is 17.9 Å². The first-order valence-electron chi connectivity index (χ1n) is 8.46. The number of ether oxygens (including phenoxy) is 1. The summed E-state index contributed by atoms with van der Waals surface area (Å²) in [5.41, 5.74) is 3.75. The number of carbonyl (C=O) groups is 1. The molecule has 0 bridgehead atoms. The molecule has 0 aliphatic rings. The van der Waals surface area contributed by atoms with Crippen molar-refractivity contribution >= 4 is 28.6 Å². The molecule has 3 aromatic rings. The third kappa shape index (κ3) is 4.54. The van der Waals surface area contributed by atoms with Crippen LogP contribution >= 0.6 is 11.3 Å². The molecule has 138 valence electrons. The minimum atomic E-state index is -0.0918. The summed E-state index contributed by atoms with van der Waals surface area (Å²) < 4.78 is 7.36. The van der Waals surface area contributed by atoms with Crippen LogP contribution in [0.4, 0.5) is 11.4 Å². The number of benzene rings is 2. The van der Waals surface area contributed by atoms with E-state index in [0.29, 0.717) is 6.54 Å². The third-order valence-electron chi connectivity index (χ3n) is 3.91. The largest absolute Gasteiger partial charge is 0.497 e. The fourth-order valence-electron chi connectivity index (χ4n) is 2.65. The number of anilines is 1. The van der Waals surface area contributed by atoms with Crippen molar-refractivity contribution in [3.05, 3.63) is 71.4 Å². The molecular formula is C21H21N3O2S. The molecule has 0 saturated carbocycles. The summed E-state index contributed by atoms with van der Waals surface area (Å²) in [5, 5.41) is 4.85. The van der Waals surface area contributed by atoms with Crippen molar-refractivity contribution in [3.63, 3.8) is 0 Å². The lowest BCUT2D eigenvalue weighted by molar-refractivity contribution is -0.114. The molecule has 0 radical (unpaired) electrons. The van der Waals surface area contributed by atoms with E-state index in [0.717, 1.165) is 33.2 Å². The maximum absolute atomic E-state index is 11.1. The minimum absolute atomic E-state index is 0.0918. The maximum atomic E-state index is 11.1. The molecule has 6 heteroatoms. The number of hydrogen-bond acceptors (Lipinski definition) is 4. The van der Waals surface area contributed by atoms with Crippen LogP contribution in [0, 0.1) is 0 Å². The molecule has 0 unspecified atom stereocenters. The van der Waals surface area contributed by atoms with Crippen LogP contribution in [-0.4, -0.2) is 17.6 Å². The lowest BCUT2D eigenvalue weighted by atomic mass is 10.1. The van der Waals surface area contributed by atoms with E-state index < -0.39 is 0 Å². The number of rotatable bonds is 6. The summed E-state index contributed by atoms with van der Waals surface area (Å²) >= 11 is 1.58. The van der Waals surface area contributed by atoms with Gasteiger partial charge in [0.25, 0.3) is 0 Å². The summed E-state index contributed by atoms with van der Waals surface area (Å²) in [6, 6.07) is 15.4. The van der Waals surface area contributed by atoms with E-state index in [1.807, 2.05) is 54.6 Å². The van der Waals surface area contributed by atoms with E-state index >= 15 is 0 Å². The van der Waals surface area contributed by atoms with Crippen molar-refractivity contribution in [3.8, 4) is 17.0 Å². The second-order valence-corrected chi connectivity index (χ2v) is 6.71. The summed E-state index contributed by atoms with van der Waals surface area (Å²) in [7, 11) is 1.66. The van der Waals surface area contributed by atoms with Crippen LogP contribution in [0.25, 0.3) is 11.3 Å². The average molecular weight is 379 g/mol. The third-order valence-corrected chi connectivity index (χ3v) is 4.77. The van der Waals surface area contributed by atoms with Crippen molar-refractivity contribution in [2.24, 2.45) is 4.99 Å². The summed E-state index contributed by atoms with van der Waals surface area (Å²) in [6.07, 6.45) is 1.86. The second-order valence-electron chi connectivity index (χ2n) is 5.87. The molecule has 0 aliphatic carbocycles. The molecule has 27 heavy (non-hydrogen) atoms. The van der Waals surface area contributed by atoms with Crippen LogP contribution in [0.3, 0.4) is 0 Å². The van der Waals surface area contributed by atoms with Gasteiger partial charge in [-0.1, -0.05) is 6.08 Å². The fourth-order valence-corrected chi connectivity index (χ4v) is 3.59. The minimum Gasteiger partial charge on any atom is -0.497 e. The van der Waals surface area contributed by atoms with Crippen LogP contribution in [-0.2, 0) is 11.3 Å². The highest BCUT2D eigenvalue weighted by molar-refractivity contribution is 7.07. The number of nitrogens with zero attached hydrogens (tertiary/aromatic N) is 2. The number of allylic oxidation sites excluding steroid dienone is 1. The number of nitrogens with one attached hydrogen (secondary N) is 1. The molecule has 3 rings (SSSR count). The first-order valence-corrected chi connectivity index (χ1v) is 9.34. The Morgan fingerprint density at radius 3 is 2.52 bits per heavy atom. The zero-order chi connectivity index (χ0) is 19.2. The fraction of sp³-hybridized carbons (Fsp3) is 0.143. The van der Waals surface area contributed by atoms with E-state index in [9.17, 15) is 4.79 Å². The highest BCUT2D eigenvalue weighted by atomic mass is 32.1. The van der Waals surface area contributed by atoms with Crippen LogP contribution in [0.5, 0.6) is 5.75 Å². The Hall–Kier alpha value is -3.12. The van der Waals surface area contributed by atoms with E-state index in [1.165, 1.54) is 6.92 Å². The number of aromatic nitrogens is 1. The first-order chi connectivity index (χ1) is 13.1. The molecule has 0 fully saturated rings. The van der Waals surface area contributed by atoms with Gasteiger partial charge in [0, 0.05) is 24.5 Å². The smallest absolute Gasteiger partial charge is 0.221 e. The lowest BCUT2D eigenvalue weighted by Crippen LogP contribution is -2.14. The predicted octanol–water partition coefficient (Wildman–Crippen LogP) is 4.60. The van der Waals surface area contributed by atoms with Gasteiger partial charge in [-0.25, -0.2) is 4.99 Å². The number of hydrogen-bond donors (Lipinski definition) is 1. The highest BCUT2D eigenvalue weighted by Gasteiger charge is 2.07. The van der Waals surface area contributed by atoms with Gasteiger partial charge in [0.15, 0.2) is 4.80 Å². The van der Waals surface area contributed by atoms with Crippen molar-refractivity contribution in [1.82, 2.24) is 4.57 Å². The van der Waals surface area contributed by atoms with Gasteiger partial charge in [-0.05, 0) is 54.1 Å². The van der Waals surface area contributed by atoms with Gasteiger partial charge in [-0.3, -0.25) is 4.79 Å². The topological polar surface area (TPSA) is 55.6 Å². The Kier molecular flexibility index (Phi) is 5.88. The van der Waals surface area contributed by atoms with Gasteiger partial charge in [-0.2, -0.15) is 0 Å². The molecule has 1 aromatic heterocycles. The summed E-state index contributed by atoms with van der Waals surface area (Å²) in [4.78, 5) is 16.8. The molecule has 1 amide bonds. The summed E-state index contributed by atoms with van der Waals surface area (Å²) in [6.45, 7) is 6.02. The van der Waals surface area contributed by atoms with Crippen LogP contribution < -0.4 is 14.9 Å². The molecule has 0 aliphatic heterocycles. The molecule has 2 aromatic carbocycles. The van der Waals surface area contributed by atoms with E-state index in [1.54, 1.807) is 18.4 Å². The van der Waals surface area contributed by atoms with Gasteiger partial charge in [0.1, 0.15) is 5.75 Å². The Labute approximate surface area is 162 Å². The average Bonchev–Trinajstić information content (AvgIpc) is 3.06. The lowest BCUT2D eigenvalue weighted by Gasteiger charge is -2.07. The molecule has 0 spiro atoms. The molecule has 5 nitrogen and oxygen atoms in total. The Balaban J connectivity index is 1.97. The molecule has 1 N–H and O–H groups in total. The predicted molar refractivity (Wildman–Crippen MR) is 110 cm³/mol. The molecule has 0 atom stereocenters. The SMILES string of the molecule is C=CCn1c(-c2ccc(OC)cc2)csc1=Nc1ccc(NC(C)=O)cc1. The second kappa shape index (κ2) is 8.51. The van der Waals surface area contributed by atoms with Crippen LogP contribution in [0.1, 0.15) is 6.92 Å². The number of methoxy groups -OCH3 is 1. The standard InChI is InChI=1S/C21H21N3O2S/c1-4-13-24-20(16-5-11-19(26-3)12-6-16)14-27-21(24)23-18-9-7-17(8-10-18)22-15(2)25/h4-12,14H,1,13H2,2-3H3,(H,22,25). The summed E-state index contributed by atoms with van der Waals surface area (Å²) in [5.74, 6) is 0.735. The van der Waals surface area contributed by atoms with Crippen molar-refractivity contribution in [2.45, 2.75) is 13.5 Å². The monoisotopic (exact) mass is 379 g/mol. The van der Waals surface area contributed by atoms with E-state index in [4.69, 9.17) is 9.73 Å². The van der Waals surface area contributed by atoms with Gasteiger partial charge >= 0.3 is 0 Å². The first kappa shape index (κ1) is 18.7. The van der Waals surface area contributed by atoms with E-state index in [2.05, 4.69) is 21.8 Å². The van der Waals surface area contributed by atoms with Crippen LogP contribution in [0.2, 0.25) is 0 Å². The number of carbonyl (C=O) groups excluding carboxylic acids is 1. The zero-order valence-electron chi connectivity index (χ0n) is 15.3. The van der Waals surface area contributed by atoms with E-state index in [-0.39, 0.29) is 5.91 Å². The quantitative estimate of drug-likeness (QED) is 0.636. The van der Waals surface area contributed by atoms with Crippen molar-refractivity contribution < 1.29 is 9.53 Å². The van der Waals surface area contributed by atoms with Gasteiger partial charge in [0.05, 0.1) is 18.5 Å². The van der Waals surface area contributed by atoms with Crippen LogP contribution in [0.15, 0.2) is 71.6 Å². The van der Waals surface area contributed by atoms with Gasteiger partial charge in [0.2, 0.25) is 5.91 Å². The Morgan fingerprint density at radius 2 is 1.93 bits per heavy atom. The van der Waals surface area contributed by atoms with Gasteiger partial charge < -0.3 is 14.6 Å². The molecule has 0 saturated heterocycles. The highest BCUT2D eigenvalue weighted by Crippen LogP contribution is 2.24. The van der Waals surface area contributed by atoms with Crippen molar-refractivity contribution in [2.75, 3.05) is 12.4 Å². The normalized spacial score (nSPS) is 11.3.